The summed E-state index contributed by atoms with van der Waals surface area (Å²) in [5.41, 5.74) is 3.79. The Hall–Kier alpha value is -1.41. The highest BCUT2D eigenvalue weighted by molar-refractivity contribution is 7.99. The van der Waals surface area contributed by atoms with E-state index in [9.17, 15) is 0 Å². The largest absolute Gasteiger partial charge is 0.388 e. The SMILES string of the molecule is CNc1ccc(Sc2cc(C)ccc2C)cc1. The van der Waals surface area contributed by atoms with Crippen molar-refractivity contribution in [2.75, 3.05) is 12.4 Å². The van der Waals surface area contributed by atoms with E-state index in [-0.39, 0.29) is 0 Å². The molecule has 0 aliphatic heterocycles. The minimum Gasteiger partial charge on any atom is -0.388 e. The lowest BCUT2D eigenvalue weighted by atomic mass is 10.2. The van der Waals surface area contributed by atoms with Crippen molar-refractivity contribution >= 4 is 17.4 Å². The van der Waals surface area contributed by atoms with Crippen LogP contribution in [0.3, 0.4) is 0 Å². The summed E-state index contributed by atoms with van der Waals surface area (Å²) in [5, 5.41) is 3.13. The molecule has 2 rings (SSSR count). The Bertz CT molecular complexity index is 503. The van der Waals surface area contributed by atoms with Crippen LogP contribution in [0, 0.1) is 13.8 Å². The first-order valence-electron chi connectivity index (χ1n) is 5.72. The van der Waals surface area contributed by atoms with Crippen molar-refractivity contribution in [3.05, 3.63) is 53.6 Å². The second-order valence-electron chi connectivity index (χ2n) is 4.15. The van der Waals surface area contributed by atoms with Crippen molar-refractivity contribution in [2.24, 2.45) is 0 Å². The predicted octanol–water partition coefficient (Wildman–Crippen LogP) is 4.50. The Morgan fingerprint density at radius 3 is 2.29 bits per heavy atom. The molecular weight excluding hydrogens is 226 g/mol. The molecule has 2 aromatic carbocycles. The molecule has 88 valence electrons. The van der Waals surface area contributed by atoms with Crippen LogP contribution in [-0.2, 0) is 0 Å². The fourth-order valence-electron chi connectivity index (χ4n) is 1.63. The van der Waals surface area contributed by atoms with Gasteiger partial charge in [-0.05, 0) is 55.3 Å². The van der Waals surface area contributed by atoms with Crippen LogP contribution in [0.25, 0.3) is 0 Å². The van der Waals surface area contributed by atoms with Gasteiger partial charge in [-0.1, -0.05) is 23.9 Å². The average Bonchev–Trinajstić information content (AvgIpc) is 2.35. The molecule has 0 unspecified atom stereocenters. The van der Waals surface area contributed by atoms with E-state index in [0.29, 0.717) is 0 Å². The van der Waals surface area contributed by atoms with Gasteiger partial charge >= 0.3 is 0 Å². The molecule has 0 fully saturated rings. The highest BCUT2D eigenvalue weighted by Gasteiger charge is 2.01. The molecule has 0 atom stereocenters. The lowest BCUT2D eigenvalue weighted by Crippen LogP contribution is -1.86. The third-order valence-corrected chi connectivity index (χ3v) is 3.88. The van der Waals surface area contributed by atoms with E-state index in [2.05, 4.69) is 61.6 Å². The molecule has 0 spiro atoms. The average molecular weight is 243 g/mol. The van der Waals surface area contributed by atoms with E-state index in [1.54, 1.807) is 0 Å². The van der Waals surface area contributed by atoms with Gasteiger partial charge in [0.1, 0.15) is 0 Å². The van der Waals surface area contributed by atoms with E-state index in [1.165, 1.54) is 20.9 Å². The number of anilines is 1. The fourth-order valence-corrected chi connectivity index (χ4v) is 2.63. The lowest BCUT2D eigenvalue weighted by Gasteiger charge is -2.07. The van der Waals surface area contributed by atoms with Crippen molar-refractivity contribution in [3.8, 4) is 0 Å². The minimum atomic E-state index is 1.15. The van der Waals surface area contributed by atoms with Crippen molar-refractivity contribution in [1.82, 2.24) is 0 Å². The quantitative estimate of drug-likeness (QED) is 0.852. The second-order valence-corrected chi connectivity index (χ2v) is 5.26. The highest BCUT2D eigenvalue weighted by atomic mass is 32.2. The van der Waals surface area contributed by atoms with Crippen LogP contribution in [0.4, 0.5) is 5.69 Å². The maximum absolute atomic E-state index is 3.13. The Balaban J connectivity index is 2.22. The summed E-state index contributed by atoms with van der Waals surface area (Å²) in [6.07, 6.45) is 0. The standard InChI is InChI=1S/C15H17NS/c1-11-4-5-12(2)15(10-11)17-14-8-6-13(16-3)7-9-14/h4-10,16H,1-3H3. The third kappa shape index (κ3) is 3.04. The van der Waals surface area contributed by atoms with Gasteiger partial charge in [0.05, 0.1) is 0 Å². The van der Waals surface area contributed by atoms with E-state index in [4.69, 9.17) is 0 Å². The van der Waals surface area contributed by atoms with Gasteiger partial charge in [0.25, 0.3) is 0 Å². The van der Waals surface area contributed by atoms with Crippen LogP contribution < -0.4 is 5.32 Å². The minimum absolute atomic E-state index is 1.15. The van der Waals surface area contributed by atoms with Gasteiger partial charge in [-0.25, -0.2) is 0 Å². The summed E-state index contributed by atoms with van der Waals surface area (Å²) in [7, 11) is 1.94. The number of hydrogen-bond acceptors (Lipinski definition) is 2. The third-order valence-electron chi connectivity index (χ3n) is 2.71. The number of hydrogen-bond donors (Lipinski definition) is 1. The summed E-state index contributed by atoms with van der Waals surface area (Å²) >= 11 is 1.82. The Kier molecular flexibility index (Phi) is 3.75. The zero-order valence-electron chi connectivity index (χ0n) is 10.4. The topological polar surface area (TPSA) is 12.0 Å². The van der Waals surface area contributed by atoms with Gasteiger partial charge in [-0.3, -0.25) is 0 Å². The Morgan fingerprint density at radius 2 is 1.65 bits per heavy atom. The van der Waals surface area contributed by atoms with Gasteiger partial charge in [0, 0.05) is 22.5 Å². The molecular formula is C15H17NS. The first-order valence-corrected chi connectivity index (χ1v) is 6.53. The number of nitrogens with one attached hydrogen (secondary N) is 1. The molecule has 0 saturated carbocycles. The van der Waals surface area contributed by atoms with Crippen LogP contribution in [0.2, 0.25) is 0 Å². The summed E-state index contributed by atoms with van der Waals surface area (Å²) in [6.45, 7) is 4.29. The van der Waals surface area contributed by atoms with Gasteiger partial charge in [0.15, 0.2) is 0 Å². The van der Waals surface area contributed by atoms with Gasteiger partial charge in [-0.15, -0.1) is 0 Å². The Labute approximate surface area is 107 Å². The molecule has 0 aliphatic carbocycles. The van der Waals surface area contributed by atoms with E-state index < -0.39 is 0 Å². The van der Waals surface area contributed by atoms with Gasteiger partial charge < -0.3 is 5.32 Å². The van der Waals surface area contributed by atoms with Crippen LogP contribution >= 0.6 is 11.8 Å². The number of rotatable bonds is 3. The van der Waals surface area contributed by atoms with Crippen molar-refractivity contribution in [2.45, 2.75) is 23.6 Å². The maximum Gasteiger partial charge on any atom is 0.0338 e. The summed E-state index contributed by atoms with van der Waals surface area (Å²) in [4.78, 5) is 2.61. The van der Waals surface area contributed by atoms with E-state index in [0.717, 1.165) is 5.69 Å². The normalized spacial score (nSPS) is 10.3. The lowest BCUT2D eigenvalue weighted by molar-refractivity contribution is 1.25. The van der Waals surface area contributed by atoms with Crippen LogP contribution in [0.5, 0.6) is 0 Å². The van der Waals surface area contributed by atoms with Crippen LogP contribution in [0.1, 0.15) is 11.1 Å². The molecule has 2 heteroatoms. The highest BCUT2D eigenvalue weighted by Crippen LogP contribution is 2.31. The van der Waals surface area contributed by atoms with Crippen molar-refractivity contribution in [3.63, 3.8) is 0 Å². The molecule has 0 heterocycles. The second kappa shape index (κ2) is 5.28. The van der Waals surface area contributed by atoms with E-state index in [1.807, 2.05) is 18.8 Å². The zero-order chi connectivity index (χ0) is 12.3. The Morgan fingerprint density at radius 1 is 0.941 bits per heavy atom. The molecule has 2 aromatic rings. The molecule has 17 heavy (non-hydrogen) atoms. The summed E-state index contributed by atoms with van der Waals surface area (Å²) in [5.74, 6) is 0. The molecule has 0 radical (unpaired) electrons. The molecule has 0 saturated heterocycles. The van der Waals surface area contributed by atoms with Gasteiger partial charge in [-0.2, -0.15) is 0 Å². The molecule has 0 bridgehead atoms. The van der Waals surface area contributed by atoms with Crippen molar-refractivity contribution < 1.29 is 0 Å². The first kappa shape index (κ1) is 12.1. The van der Waals surface area contributed by atoms with Crippen LogP contribution in [0.15, 0.2) is 52.3 Å². The predicted molar refractivity (Wildman–Crippen MR) is 76.0 cm³/mol. The summed E-state index contributed by atoms with van der Waals surface area (Å²) < 4.78 is 0. The number of aryl methyl sites for hydroxylation is 2. The van der Waals surface area contributed by atoms with Crippen molar-refractivity contribution in [1.29, 1.82) is 0 Å². The first-order chi connectivity index (χ1) is 8.19. The van der Waals surface area contributed by atoms with E-state index >= 15 is 0 Å². The number of benzene rings is 2. The fraction of sp³-hybridized carbons (Fsp3) is 0.200. The molecule has 0 aliphatic rings. The zero-order valence-corrected chi connectivity index (χ0v) is 11.3. The monoisotopic (exact) mass is 243 g/mol. The molecule has 1 nitrogen and oxygen atoms in total. The molecule has 0 aromatic heterocycles. The van der Waals surface area contributed by atoms with Crippen LogP contribution in [-0.4, -0.2) is 7.05 Å². The molecule has 0 amide bonds. The maximum atomic E-state index is 3.13. The van der Waals surface area contributed by atoms with Gasteiger partial charge in [0.2, 0.25) is 0 Å². The molecule has 1 N–H and O–H groups in total. The summed E-state index contributed by atoms with van der Waals surface area (Å²) in [6, 6.07) is 15.1. The smallest absolute Gasteiger partial charge is 0.0338 e.